The smallest absolute Gasteiger partial charge is 0.252 e. The van der Waals surface area contributed by atoms with Crippen molar-refractivity contribution in [2.75, 3.05) is 14.2 Å². The number of carbonyl (C=O) groups excluding carboxylic acids is 1. The van der Waals surface area contributed by atoms with Gasteiger partial charge in [-0.1, -0.05) is 60.1 Å². The molecule has 4 nitrogen and oxygen atoms in total. The van der Waals surface area contributed by atoms with Crippen molar-refractivity contribution in [3.63, 3.8) is 0 Å². The fourth-order valence-electron chi connectivity index (χ4n) is 3.18. The second kappa shape index (κ2) is 9.99. The number of rotatable bonds is 7. The first kappa shape index (κ1) is 21.5. The maximum Gasteiger partial charge on any atom is 0.252 e. The SMILES string of the molecule is COc1ccc(OC)c([C@@H](C)NC(=O)/C(=C/c2ccccc2Cl)c2ccccc2)c1. The lowest BCUT2D eigenvalue weighted by Gasteiger charge is -2.19. The van der Waals surface area contributed by atoms with Crippen LogP contribution in [0.4, 0.5) is 0 Å². The summed E-state index contributed by atoms with van der Waals surface area (Å²) in [5, 5.41) is 3.66. The molecule has 0 heterocycles. The fraction of sp³-hybridized carbons (Fsp3) is 0.160. The van der Waals surface area contributed by atoms with E-state index in [2.05, 4.69) is 5.32 Å². The fourth-order valence-corrected chi connectivity index (χ4v) is 3.37. The van der Waals surface area contributed by atoms with E-state index < -0.39 is 0 Å². The van der Waals surface area contributed by atoms with Gasteiger partial charge in [0.1, 0.15) is 11.5 Å². The lowest BCUT2D eigenvalue weighted by Crippen LogP contribution is -2.27. The van der Waals surface area contributed by atoms with Crippen molar-refractivity contribution in [2.24, 2.45) is 0 Å². The van der Waals surface area contributed by atoms with Crippen LogP contribution in [0.25, 0.3) is 11.6 Å². The maximum atomic E-state index is 13.3. The van der Waals surface area contributed by atoms with Crippen LogP contribution in [0.3, 0.4) is 0 Å². The van der Waals surface area contributed by atoms with Gasteiger partial charge in [0.15, 0.2) is 0 Å². The summed E-state index contributed by atoms with van der Waals surface area (Å²) >= 11 is 6.33. The van der Waals surface area contributed by atoms with E-state index in [1.165, 1.54) is 0 Å². The third kappa shape index (κ3) is 5.02. The second-order valence-electron chi connectivity index (χ2n) is 6.75. The van der Waals surface area contributed by atoms with Gasteiger partial charge in [-0.25, -0.2) is 0 Å². The van der Waals surface area contributed by atoms with E-state index in [0.29, 0.717) is 22.1 Å². The number of methoxy groups -OCH3 is 2. The molecule has 0 spiro atoms. The Morgan fingerprint density at radius 1 is 0.967 bits per heavy atom. The van der Waals surface area contributed by atoms with Gasteiger partial charge in [-0.15, -0.1) is 0 Å². The number of benzene rings is 3. The van der Waals surface area contributed by atoms with Gasteiger partial charge >= 0.3 is 0 Å². The predicted octanol–water partition coefficient (Wildman–Crippen LogP) is 5.78. The van der Waals surface area contributed by atoms with Crippen LogP contribution in [0.2, 0.25) is 5.02 Å². The molecular formula is C25H24ClNO3. The van der Waals surface area contributed by atoms with E-state index >= 15 is 0 Å². The molecule has 1 atom stereocenters. The minimum atomic E-state index is -0.305. The summed E-state index contributed by atoms with van der Waals surface area (Å²) in [6.07, 6.45) is 1.81. The summed E-state index contributed by atoms with van der Waals surface area (Å²) in [4.78, 5) is 13.3. The van der Waals surface area contributed by atoms with Crippen molar-refractivity contribution in [2.45, 2.75) is 13.0 Å². The van der Waals surface area contributed by atoms with Gasteiger partial charge in [0.2, 0.25) is 0 Å². The molecule has 0 aliphatic heterocycles. The van der Waals surface area contributed by atoms with Crippen molar-refractivity contribution in [3.05, 3.63) is 94.5 Å². The summed E-state index contributed by atoms with van der Waals surface area (Å²) in [5.74, 6) is 1.17. The zero-order chi connectivity index (χ0) is 21.5. The Morgan fingerprint density at radius 2 is 1.67 bits per heavy atom. The average Bonchev–Trinajstić information content (AvgIpc) is 2.78. The Labute approximate surface area is 182 Å². The van der Waals surface area contributed by atoms with Crippen LogP contribution in [0.1, 0.15) is 29.7 Å². The van der Waals surface area contributed by atoms with E-state index in [-0.39, 0.29) is 11.9 Å². The molecule has 3 aromatic rings. The summed E-state index contributed by atoms with van der Waals surface area (Å²) in [7, 11) is 3.21. The van der Waals surface area contributed by atoms with Crippen LogP contribution < -0.4 is 14.8 Å². The number of amides is 1. The summed E-state index contributed by atoms with van der Waals surface area (Å²) in [6.45, 7) is 1.91. The van der Waals surface area contributed by atoms with Crippen molar-refractivity contribution in [1.29, 1.82) is 0 Å². The van der Waals surface area contributed by atoms with Crippen molar-refractivity contribution in [1.82, 2.24) is 5.32 Å². The van der Waals surface area contributed by atoms with Gasteiger partial charge in [0.05, 0.1) is 20.3 Å². The number of carbonyl (C=O) groups is 1. The van der Waals surface area contributed by atoms with Gasteiger partial charge in [-0.05, 0) is 48.4 Å². The predicted molar refractivity (Wildman–Crippen MR) is 122 cm³/mol. The summed E-state index contributed by atoms with van der Waals surface area (Å²) in [5.41, 5.74) is 2.94. The lowest BCUT2D eigenvalue weighted by atomic mass is 10.0. The quantitative estimate of drug-likeness (QED) is 0.389. The molecule has 3 rings (SSSR count). The molecule has 5 heteroatoms. The highest BCUT2D eigenvalue weighted by Gasteiger charge is 2.19. The largest absolute Gasteiger partial charge is 0.497 e. The standard InChI is InChI=1S/C25H24ClNO3/c1-17(21-16-20(29-2)13-14-24(21)30-3)27-25(28)22(18-9-5-4-6-10-18)15-19-11-7-8-12-23(19)26/h4-17H,1-3H3,(H,27,28)/b22-15+/t17-/m1/s1. The van der Waals surface area contributed by atoms with Gasteiger partial charge in [0.25, 0.3) is 5.91 Å². The van der Waals surface area contributed by atoms with Crippen LogP contribution in [0.5, 0.6) is 11.5 Å². The molecule has 0 saturated carbocycles. The summed E-state index contributed by atoms with van der Waals surface area (Å²) in [6, 6.07) is 22.2. The maximum absolute atomic E-state index is 13.3. The molecule has 30 heavy (non-hydrogen) atoms. The van der Waals surface area contributed by atoms with Crippen molar-refractivity contribution in [3.8, 4) is 11.5 Å². The molecule has 0 aromatic heterocycles. The number of halogens is 1. The molecule has 0 aliphatic carbocycles. The van der Waals surface area contributed by atoms with Crippen LogP contribution in [-0.2, 0) is 4.79 Å². The molecule has 0 unspecified atom stereocenters. The highest BCUT2D eigenvalue weighted by atomic mass is 35.5. The van der Waals surface area contributed by atoms with Gasteiger partial charge in [0, 0.05) is 16.2 Å². The van der Waals surface area contributed by atoms with Gasteiger partial charge in [-0.3, -0.25) is 4.79 Å². The average molecular weight is 422 g/mol. The van der Waals surface area contributed by atoms with E-state index in [1.807, 2.05) is 79.7 Å². The highest BCUT2D eigenvalue weighted by molar-refractivity contribution is 6.33. The molecule has 0 bridgehead atoms. The zero-order valence-electron chi connectivity index (χ0n) is 17.2. The Hall–Kier alpha value is -3.24. The molecule has 1 N–H and O–H groups in total. The number of nitrogens with one attached hydrogen (secondary N) is 1. The minimum absolute atomic E-state index is 0.210. The van der Waals surface area contributed by atoms with Crippen molar-refractivity contribution < 1.29 is 14.3 Å². The number of hydrogen-bond acceptors (Lipinski definition) is 3. The Morgan fingerprint density at radius 3 is 2.33 bits per heavy atom. The third-order valence-corrected chi connectivity index (χ3v) is 5.13. The Balaban J connectivity index is 1.96. The molecule has 0 radical (unpaired) electrons. The van der Waals surface area contributed by atoms with E-state index in [9.17, 15) is 4.79 Å². The number of ether oxygens (including phenoxy) is 2. The van der Waals surface area contributed by atoms with E-state index in [1.54, 1.807) is 20.3 Å². The molecule has 154 valence electrons. The second-order valence-corrected chi connectivity index (χ2v) is 7.16. The monoisotopic (exact) mass is 421 g/mol. The first-order chi connectivity index (χ1) is 14.5. The minimum Gasteiger partial charge on any atom is -0.497 e. The lowest BCUT2D eigenvalue weighted by molar-refractivity contribution is -0.116. The van der Waals surface area contributed by atoms with E-state index in [0.717, 1.165) is 16.7 Å². The first-order valence-electron chi connectivity index (χ1n) is 9.58. The third-order valence-electron chi connectivity index (χ3n) is 4.79. The van der Waals surface area contributed by atoms with Crippen LogP contribution in [-0.4, -0.2) is 20.1 Å². The topological polar surface area (TPSA) is 47.6 Å². The zero-order valence-corrected chi connectivity index (χ0v) is 17.9. The molecule has 3 aromatic carbocycles. The van der Waals surface area contributed by atoms with Crippen molar-refractivity contribution >= 4 is 29.2 Å². The molecular weight excluding hydrogens is 398 g/mol. The molecule has 1 amide bonds. The number of hydrogen-bond donors (Lipinski definition) is 1. The normalized spacial score (nSPS) is 12.2. The Bertz CT molecular complexity index is 1050. The van der Waals surface area contributed by atoms with Crippen LogP contribution >= 0.6 is 11.6 Å². The molecule has 0 fully saturated rings. The molecule has 0 saturated heterocycles. The molecule has 0 aliphatic rings. The summed E-state index contributed by atoms with van der Waals surface area (Å²) < 4.78 is 10.8. The van der Waals surface area contributed by atoms with E-state index in [4.69, 9.17) is 21.1 Å². The van der Waals surface area contributed by atoms with Gasteiger partial charge < -0.3 is 14.8 Å². The van der Waals surface area contributed by atoms with Crippen LogP contribution in [0, 0.1) is 0 Å². The first-order valence-corrected chi connectivity index (χ1v) is 9.95. The van der Waals surface area contributed by atoms with Crippen LogP contribution in [0.15, 0.2) is 72.8 Å². The Kier molecular flexibility index (Phi) is 7.15. The highest BCUT2D eigenvalue weighted by Crippen LogP contribution is 2.30. The van der Waals surface area contributed by atoms with Gasteiger partial charge in [-0.2, -0.15) is 0 Å².